The van der Waals surface area contributed by atoms with Crippen LogP contribution in [0.4, 0.5) is 10.1 Å². The normalized spacial score (nSPS) is 15.8. The lowest BCUT2D eigenvalue weighted by Crippen LogP contribution is -2.46. The molecule has 2 aromatic carbocycles. The number of rotatable bonds is 3. The second-order valence-electron chi connectivity index (χ2n) is 6.44. The van der Waals surface area contributed by atoms with E-state index in [1.54, 1.807) is 13.1 Å². The lowest BCUT2D eigenvalue weighted by molar-refractivity contribution is 0.249. The van der Waals surface area contributed by atoms with E-state index >= 15 is 0 Å². The Morgan fingerprint density at radius 2 is 1.84 bits per heavy atom. The molecule has 0 radical (unpaired) electrons. The van der Waals surface area contributed by atoms with Gasteiger partial charge >= 0.3 is 5.76 Å². The zero-order valence-electron chi connectivity index (χ0n) is 14.1. The number of oxazole rings is 1. The molecule has 0 aliphatic carbocycles. The van der Waals surface area contributed by atoms with E-state index in [1.165, 1.54) is 10.6 Å². The summed E-state index contributed by atoms with van der Waals surface area (Å²) in [4.78, 5) is 16.0. The third kappa shape index (κ3) is 3.05. The summed E-state index contributed by atoms with van der Waals surface area (Å²) in [5.74, 6) is -0.508. The SMILES string of the molecule is Cn1c(=O)oc2cc(CN3CCN(c4ccccc4F)CC3)ccc21. The van der Waals surface area contributed by atoms with E-state index in [-0.39, 0.29) is 11.6 Å². The number of hydrogen-bond acceptors (Lipinski definition) is 4. The van der Waals surface area contributed by atoms with Crippen LogP contribution in [0.1, 0.15) is 5.56 Å². The Morgan fingerprint density at radius 1 is 1.08 bits per heavy atom. The topological polar surface area (TPSA) is 41.6 Å². The van der Waals surface area contributed by atoms with Gasteiger partial charge in [-0.15, -0.1) is 0 Å². The van der Waals surface area contributed by atoms with E-state index in [0.717, 1.165) is 43.8 Å². The van der Waals surface area contributed by atoms with Crippen molar-refractivity contribution in [1.82, 2.24) is 9.47 Å². The van der Waals surface area contributed by atoms with Crippen molar-refractivity contribution in [3.8, 4) is 0 Å². The monoisotopic (exact) mass is 341 g/mol. The maximum atomic E-state index is 13.9. The number of hydrogen-bond donors (Lipinski definition) is 0. The first-order valence-electron chi connectivity index (χ1n) is 8.42. The van der Waals surface area contributed by atoms with Crippen molar-refractivity contribution >= 4 is 16.8 Å². The summed E-state index contributed by atoms with van der Waals surface area (Å²) in [5, 5.41) is 0. The highest BCUT2D eigenvalue weighted by molar-refractivity contribution is 5.73. The van der Waals surface area contributed by atoms with Gasteiger partial charge in [0.1, 0.15) is 5.82 Å². The van der Waals surface area contributed by atoms with E-state index in [0.29, 0.717) is 11.3 Å². The fraction of sp³-hybridized carbons (Fsp3) is 0.316. The molecule has 0 spiro atoms. The summed E-state index contributed by atoms with van der Waals surface area (Å²) >= 11 is 0. The summed E-state index contributed by atoms with van der Waals surface area (Å²) in [6.45, 7) is 4.11. The van der Waals surface area contributed by atoms with Gasteiger partial charge in [-0.2, -0.15) is 0 Å². The van der Waals surface area contributed by atoms with Crippen LogP contribution in [0.2, 0.25) is 0 Å². The Bertz CT molecular complexity index is 955. The molecule has 3 aromatic rings. The predicted molar refractivity (Wildman–Crippen MR) is 95.3 cm³/mol. The summed E-state index contributed by atoms with van der Waals surface area (Å²) in [7, 11) is 1.70. The van der Waals surface area contributed by atoms with Gasteiger partial charge < -0.3 is 9.32 Å². The number of aromatic nitrogens is 1. The molecule has 4 rings (SSSR count). The first kappa shape index (κ1) is 15.9. The Labute approximate surface area is 144 Å². The molecule has 1 saturated heterocycles. The van der Waals surface area contributed by atoms with Crippen LogP contribution >= 0.6 is 0 Å². The van der Waals surface area contributed by atoms with E-state index in [9.17, 15) is 9.18 Å². The molecule has 25 heavy (non-hydrogen) atoms. The molecule has 1 aliphatic rings. The van der Waals surface area contributed by atoms with Crippen LogP contribution in [0.15, 0.2) is 51.7 Å². The molecule has 2 heterocycles. The summed E-state index contributed by atoms with van der Waals surface area (Å²) in [6.07, 6.45) is 0. The second kappa shape index (κ2) is 6.37. The molecule has 6 heteroatoms. The van der Waals surface area contributed by atoms with Gasteiger partial charge in [-0.1, -0.05) is 18.2 Å². The fourth-order valence-corrected chi connectivity index (χ4v) is 3.39. The zero-order valence-corrected chi connectivity index (χ0v) is 14.1. The van der Waals surface area contributed by atoms with Gasteiger partial charge in [0, 0.05) is 39.8 Å². The van der Waals surface area contributed by atoms with Gasteiger partial charge in [0.15, 0.2) is 5.58 Å². The number of anilines is 1. The largest absolute Gasteiger partial charge is 0.419 e. The highest BCUT2D eigenvalue weighted by Gasteiger charge is 2.19. The second-order valence-corrected chi connectivity index (χ2v) is 6.44. The number of aryl methyl sites for hydroxylation is 1. The molecule has 0 atom stereocenters. The number of halogens is 1. The molecular formula is C19H20FN3O2. The highest BCUT2D eigenvalue weighted by Crippen LogP contribution is 2.21. The van der Waals surface area contributed by atoms with Crippen LogP contribution in [0.3, 0.4) is 0 Å². The number of nitrogens with zero attached hydrogens (tertiary/aromatic N) is 3. The minimum Gasteiger partial charge on any atom is -0.408 e. The van der Waals surface area contributed by atoms with Gasteiger partial charge in [-0.3, -0.25) is 9.47 Å². The quantitative estimate of drug-likeness (QED) is 0.734. The molecule has 5 nitrogen and oxygen atoms in total. The smallest absolute Gasteiger partial charge is 0.408 e. The number of fused-ring (bicyclic) bond motifs is 1. The lowest BCUT2D eigenvalue weighted by Gasteiger charge is -2.36. The maximum Gasteiger partial charge on any atom is 0.419 e. The third-order valence-electron chi connectivity index (χ3n) is 4.83. The van der Waals surface area contributed by atoms with Gasteiger partial charge in [0.05, 0.1) is 11.2 Å². The summed E-state index contributed by atoms with van der Waals surface area (Å²) < 4.78 is 20.7. The Morgan fingerprint density at radius 3 is 2.60 bits per heavy atom. The lowest BCUT2D eigenvalue weighted by atomic mass is 10.1. The van der Waals surface area contributed by atoms with E-state index in [4.69, 9.17) is 4.42 Å². The Hall–Kier alpha value is -2.60. The van der Waals surface area contributed by atoms with Crippen molar-refractivity contribution in [3.63, 3.8) is 0 Å². The van der Waals surface area contributed by atoms with Crippen molar-refractivity contribution in [3.05, 3.63) is 64.4 Å². The number of benzene rings is 2. The Balaban J connectivity index is 1.43. The molecule has 0 N–H and O–H groups in total. The molecule has 1 aromatic heterocycles. The van der Waals surface area contributed by atoms with Crippen molar-refractivity contribution in [2.24, 2.45) is 7.05 Å². The van der Waals surface area contributed by atoms with E-state index < -0.39 is 0 Å². The Kier molecular flexibility index (Phi) is 4.05. The minimum atomic E-state index is -0.342. The van der Waals surface area contributed by atoms with E-state index in [1.807, 2.05) is 30.3 Å². The number of piperazine rings is 1. The van der Waals surface area contributed by atoms with Crippen LogP contribution < -0.4 is 10.7 Å². The first-order chi connectivity index (χ1) is 12.1. The van der Waals surface area contributed by atoms with Gasteiger partial charge in [-0.05, 0) is 29.8 Å². The summed E-state index contributed by atoms with van der Waals surface area (Å²) in [5.41, 5.74) is 3.21. The van der Waals surface area contributed by atoms with Crippen LogP contribution in [0, 0.1) is 5.82 Å². The molecule has 130 valence electrons. The molecular weight excluding hydrogens is 321 g/mol. The maximum absolute atomic E-state index is 13.9. The molecule has 1 fully saturated rings. The first-order valence-corrected chi connectivity index (χ1v) is 8.42. The van der Waals surface area contributed by atoms with Gasteiger partial charge in [0.25, 0.3) is 0 Å². The average Bonchev–Trinajstić information content (AvgIpc) is 2.90. The standard InChI is InChI=1S/C19H20FN3O2/c1-21-17-7-6-14(12-18(17)25-19(21)24)13-22-8-10-23(11-9-22)16-5-3-2-4-15(16)20/h2-7,12H,8-11,13H2,1H3. The van der Waals surface area contributed by atoms with Gasteiger partial charge in [-0.25, -0.2) is 9.18 Å². The predicted octanol–water partition coefficient (Wildman–Crippen LogP) is 2.59. The van der Waals surface area contributed by atoms with Crippen molar-refractivity contribution in [2.45, 2.75) is 6.54 Å². The molecule has 0 unspecified atom stereocenters. The van der Waals surface area contributed by atoms with Crippen LogP contribution in [-0.2, 0) is 13.6 Å². The highest BCUT2D eigenvalue weighted by atomic mass is 19.1. The zero-order chi connectivity index (χ0) is 17.4. The molecule has 0 amide bonds. The van der Waals surface area contributed by atoms with Crippen LogP contribution in [0.25, 0.3) is 11.1 Å². The fourth-order valence-electron chi connectivity index (χ4n) is 3.39. The summed E-state index contributed by atoms with van der Waals surface area (Å²) in [6, 6.07) is 12.8. The average molecular weight is 341 g/mol. The number of para-hydroxylation sites is 1. The van der Waals surface area contributed by atoms with Gasteiger partial charge in [0.2, 0.25) is 0 Å². The molecule has 0 bridgehead atoms. The van der Waals surface area contributed by atoms with E-state index in [2.05, 4.69) is 9.80 Å². The van der Waals surface area contributed by atoms with Crippen molar-refractivity contribution < 1.29 is 8.81 Å². The third-order valence-corrected chi connectivity index (χ3v) is 4.83. The van der Waals surface area contributed by atoms with Crippen molar-refractivity contribution in [1.29, 1.82) is 0 Å². The van der Waals surface area contributed by atoms with Crippen molar-refractivity contribution in [2.75, 3.05) is 31.1 Å². The molecule has 0 saturated carbocycles. The minimum absolute atomic E-state index is 0.166. The van der Waals surface area contributed by atoms with Crippen LogP contribution in [-0.4, -0.2) is 35.6 Å². The van der Waals surface area contributed by atoms with Crippen LogP contribution in [0.5, 0.6) is 0 Å². The molecule has 1 aliphatic heterocycles.